The van der Waals surface area contributed by atoms with Crippen LogP contribution in [0.4, 0.5) is 0 Å². The molecule has 0 atom stereocenters. The highest BCUT2D eigenvalue weighted by Gasteiger charge is 2.34. The number of nitrogens with zero attached hydrogens (tertiary/aromatic N) is 1. The molecule has 1 heterocycles. The molecule has 0 radical (unpaired) electrons. The van der Waals surface area contributed by atoms with E-state index in [0.717, 1.165) is 5.56 Å². The maximum atomic E-state index is 12.4. The molecule has 0 saturated heterocycles. The predicted octanol–water partition coefficient (Wildman–Crippen LogP) is 3.20. The molecule has 2 aromatic rings. The zero-order valence-electron chi connectivity index (χ0n) is 13.3. The number of methoxy groups -OCH3 is 2. The number of halogens is 1. The molecule has 6 heteroatoms. The third kappa shape index (κ3) is 2.71. The van der Waals surface area contributed by atoms with Gasteiger partial charge in [-0.2, -0.15) is 0 Å². The molecule has 0 bridgehead atoms. The lowest BCUT2D eigenvalue weighted by Crippen LogP contribution is -2.31. The number of imide groups is 1. The van der Waals surface area contributed by atoms with E-state index >= 15 is 0 Å². The van der Waals surface area contributed by atoms with E-state index in [1.807, 2.05) is 0 Å². The van der Waals surface area contributed by atoms with Crippen molar-refractivity contribution in [2.45, 2.75) is 6.42 Å². The number of hydrogen-bond acceptors (Lipinski definition) is 4. The van der Waals surface area contributed by atoms with E-state index in [9.17, 15) is 9.59 Å². The highest BCUT2D eigenvalue weighted by Crippen LogP contribution is 2.33. The van der Waals surface area contributed by atoms with Crippen LogP contribution in [0.15, 0.2) is 36.4 Å². The lowest BCUT2D eigenvalue weighted by Gasteiger charge is -2.16. The van der Waals surface area contributed by atoms with Gasteiger partial charge in [0.2, 0.25) is 0 Å². The summed E-state index contributed by atoms with van der Waals surface area (Å²) < 4.78 is 10.5. The molecule has 5 nitrogen and oxygen atoms in total. The Labute approximate surface area is 144 Å². The van der Waals surface area contributed by atoms with Crippen molar-refractivity contribution in [1.29, 1.82) is 0 Å². The SMILES string of the molecule is COc1cc(CCN2C(=O)c3ccccc3C2=O)c(OC)cc1Cl. The number of ether oxygens (including phenoxy) is 2. The van der Waals surface area contributed by atoms with E-state index in [1.165, 1.54) is 12.0 Å². The maximum Gasteiger partial charge on any atom is 0.261 e. The Morgan fingerprint density at radius 2 is 1.54 bits per heavy atom. The van der Waals surface area contributed by atoms with Crippen LogP contribution in [0.25, 0.3) is 0 Å². The van der Waals surface area contributed by atoms with E-state index in [1.54, 1.807) is 43.5 Å². The van der Waals surface area contributed by atoms with Crippen LogP contribution in [-0.4, -0.2) is 37.5 Å². The third-order valence-corrected chi connectivity index (χ3v) is 4.33. The van der Waals surface area contributed by atoms with Gasteiger partial charge in [0.25, 0.3) is 11.8 Å². The van der Waals surface area contributed by atoms with E-state index in [-0.39, 0.29) is 18.4 Å². The van der Waals surface area contributed by atoms with E-state index in [2.05, 4.69) is 0 Å². The van der Waals surface area contributed by atoms with Crippen LogP contribution in [0.1, 0.15) is 26.3 Å². The van der Waals surface area contributed by atoms with Crippen LogP contribution in [-0.2, 0) is 6.42 Å². The van der Waals surface area contributed by atoms with Crippen LogP contribution in [0.3, 0.4) is 0 Å². The summed E-state index contributed by atoms with van der Waals surface area (Å²) in [5, 5.41) is 0.443. The third-order valence-electron chi connectivity index (χ3n) is 4.04. The Morgan fingerprint density at radius 3 is 2.08 bits per heavy atom. The molecule has 2 aromatic carbocycles. The van der Waals surface area contributed by atoms with Crippen molar-refractivity contribution in [3.63, 3.8) is 0 Å². The highest BCUT2D eigenvalue weighted by molar-refractivity contribution is 6.32. The van der Waals surface area contributed by atoms with Gasteiger partial charge in [-0.1, -0.05) is 23.7 Å². The summed E-state index contributed by atoms with van der Waals surface area (Å²) in [4.78, 5) is 26.0. The van der Waals surface area contributed by atoms with Crippen molar-refractivity contribution in [2.24, 2.45) is 0 Å². The van der Waals surface area contributed by atoms with Gasteiger partial charge in [-0.15, -0.1) is 0 Å². The Bertz CT molecular complexity index is 784. The quantitative estimate of drug-likeness (QED) is 0.781. The monoisotopic (exact) mass is 345 g/mol. The first kappa shape index (κ1) is 16.3. The molecule has 0 aliphatic carbocycles. The fourth-order valence-corrected chi connectivity index (χ4v) is 3.02. The molecule has 124 valence electrons. The largest absolute Gasteiger partial charge is 0.496 e. The van der Waals surface area contributed by atoms with Gasteiger partial charge in [0.05, 0.1) is 30.4 Å². The Morgan fingerprint density at radius 1 is 0.958 bits per heavy atom. The van der Waals surface area contributed by atoms with Crippen LogP contribution in [0.5, 0.6) is 11.5 Å². The van der Waals surface area contributed by atoms with Crippen LogP contribution in [0.2, 0.25) is 5.02 Å². The summed E-state index contributed by atoms with van der Waals surface area (Å²) in [7, 11) is 3.07. The normalized spacial score (nSPS) is 13.2. The molecule has 1 aliphatic rings. The summed E-state index contributed by atoms with van der Waals surface area (Å²) in [6, 6.07) is 10.3. The first-order valence-electron chi connectivity index (χ1n) is 7.42. The summed E-state index contributed by atoms with van der Waals surface area (Å²) in [5.41, 5.74) is 1.71. The maximum absolute atomic E-state index is 12.4. The highest BCUT2D eigenvalue weighted by atomic mass is 35.5. The van der Waals surface area contributed by atoms with Gasteiger partial charge in [0.15, 0.2) is 0 Å². The second-order valence-corrected chi connectivity index (χ2v) is 5.76. The second kappa shape index (κ2) is 6.53. The fraction of sp³-hybridized carbons (Fsp3) is 0.222. The van der Waals surface area contributed by atoms with Crippen molar-refractivity contribution in [3.8, 4) is 11.5 Å². The summed E-state index contributed by atoms with van der Waals surface area (Å²) in [5.74, 6) is 0.582. The average molecular weight is 346 g/mol. The molecule has 0 fully saturated rings. The van der Waals surface area contributed by atoms with Crippen molar-refractivity contribution in [3.05, 3.63) is 58.1 Å². The standard InChI is InChI=1S/C18H16ClNO4/c1-23-15-10-14(19)16(24-2)9-11(15)7-8-20-17(21)12-5-3-4-6-13(12)18(20)22/h3-6,9-10H,7-8H2,1-2H3. The van der Waals surface area contributed by atoms with Gasteiger partial charge < -0.3 is 9.47 Å². The molecule has 0 unspecified atom stereocenters. The van der Waals surface area contributed by atoms with Crippen molar-refractivity contribution < 1.29 is 19.1 Å². The van der Waals surface area contributed by atoms with Crippen molar-refractivity contribution in [1.82, 2.24) is 4.90 Å². The van der Waals surface area contributed by atoms with E-state index < -0.39 is 0 Å². The first-order chi connectivity index (χ1) is 11.6. The molecular weight excluding hydrogens is 330 g/mol. The molecule has 3 rings (SSSR count). The molecule has 0 N–H and O–H groups in total. The molecular formula is C18H16ClNO4. The number of fused-ring (bicyclic) bond motifs is 1. The molecule has 1 aliphatic heterocycles. The first-order valence-corrected chi connectivity index (χ1v) is 7.80. The Balaban J connectivity index is 1.82. The van der Waals surface area contributed by atoms with Gasteiger partial charge in [0.1, 0.15) is 11.5 Å². The topological polar surface area (TPSA) is 55.8 Å². The molecule has 2 amide bonds. The van der Waals surface area contributed by atoms with Crippen molar-refractivity contribution in [2.75, 3.05) is 20.8 Å². The second-order valence-electron chi connectivity index (χ2n) is 5.36. The minimum absolute atomic E-state index is 0.257. The van der Waals surface area contributed by atoms with Gasteiger partial charge in [-0.25, -0.2) is 0 Å². The average Bonchev–Trinajstić information content (AvgIpc) is 2.85. The predicted molar refractivity (Wildman–Crippen MR) is 90.1 cm³/mol. The zero-order chi connectivity index (χ0) is 17.3. The number of amides is 2. The number of carbonyl (C=O) groups excluding carboxylic acids is 2. The summed E-state index contributed by atoms with van der Waals surface area (Å²) in [6.45, 7) is 0.257. The van der Waals surface area contributed by atoms with Crippen LogP contribution in [0, 0.1) is 0 Å². The number of benzene rings is 2. The minimum atomic E-state index is -0.268. The lowest BCUT2D eigenvalue weighted by molar-refractivity contribution is 0.0656. The lowest BCUT2D eigenvalue weighted by atomic mass is 10.1. The summed E-state index contributed by atoms with van der Waals surface area (Å²) in [6.07, 6.45) is 0.447. The molecule has 0 aromatic heterocycles. The van der Waals surface area contributed by atoms with Crippen LogP contribution < -0.4 is 9.47 Å². The van der Waals surface area contributed by atoms with Crippen molar-refractivity contribution >= 4 is 23.4 Å². The molecule has 24 heavy (non-hydrogen) atoms. The number of rotatable bonds is 5. The molecule has 0 saturated carbocycles. The van der Waals surface area contributed by atoms with E-state index in [0.29, 0.717) is 34.1 Å². The van der Waals surface area contributed by atoms with Gasteiger partial charge in [-0.3, -0.25) is 14.5 Å². The van der Waals surface area contributed by atoms with Gasteiger partial charge >= 0.3 is 0 Å². The number of hydrogen-bond donors (Lipinski definition) is 0. The summed E-state index contributed by atoms with van der Waals surface area (Å²) >= 11 is 6.09. The fourth-order valence-electron chi connectivity index (χ4n) is 2.79. The van der Waals surface area contributed by atoms with E-state index in [4.69, 9.17) is 21.1 Å². The number of carbonyl (C=O) groups is 2. The zero-order valence-corrected chi connectivity index (χ0v) is 14.1. The molecule has 0 spiro atoms. The van der Waals surface area contributed by atoms with Gasteiger partial charge in [0, 0.05) is 12.6 Å². The Hall–Kier alpha value is -2.53. The minimum Gasteiger partial charge on any atom is -0.496 e. The smallest absolute Gasteiger partial charge is 0.261 e. The Kier molecular flexibility index (Phi) is 4.44. The van der Waals surface area contributed by atoms with Crippen LogP contribution >= 0.6 is 11.6 Å². The van der Waals surface area contributed by atoms with Gasteiger partial charge in [-0.05, 0) is 30.2 Å².